The van der Waals surface area contributed by atoms with Crippen molar-refractivity contribution in [2.45, 2.75) is 117 Å². The van der Waals surface area contributed by atoms with Crippen molar-refractivity contribution in [3.63, 3.8) is 0 Å². The van der Waals surface area contributed by atoms with Crippen molar-refractivity contribution in [3.8, 4) is 0 Å². The summed E-state index contributed by atoms with van der Waals surface area (Å²) < 4.78 is 0. The Hall–Kier alpha value is -1.30. The molecule has 1 fully saturated rings. The van der Waals surface area contributed by atoms with Gasteiger partial charge in [0.1, 0.15) is 0 Å². The van der Waals surface area contributed by atoms with Gasteiger partial charge in [-0.2, -0.15) is 0 Å². The molecule has 3 rings (SSSR count). The first-order valence-corrected chi connectivity index (χ1v) is 13.8. The maximum Gasteiger partial charge on any atom is -0.0167 e. The van der Waals surface area contributed by atoms with Crippen LogP contribution in [0.2, 0.25) is 0 Å². The zero-order valence-corrected chi connectivity index (χ0v) is 20.6. The van der Waals surface area contributed by atoms with Crippen molar-refractivity contribution in [2.75, 3.05) is 0 Å². The van der Waals surface area contributed by atoms with E-state index in [0.29, 0.717) is 0 Å². The summed E-state index contributed by atoms with van der Waals surface area (Å²) in [5.41, 5.74) is 4.33. The molecule has 0 N–H and O–H groups in total. The van der Waals surface area contributed by atoms with E-state index in [4.69, 9.17) is 0 Å². The third kappa shape index (κ3) is 8.28. The summed E-state index contributed by atoms with van der Waals surface area (Å²) in [6.07, 6.45) is 30.0. The quantitative estimate of drug-likeness (QED) is 0.278. The number of benzene rings is 1. The molecule has 2 aliphatic carbocycles. The number of allylic oxidation sites excluding steroid dienone is 4. The molecule has 0 aliphatic heterocycles. The van der Waals surface area contributed by atoms with Crippen molar-refractivity contribution in [3.05, 3.63) is 53.6 Å². The molecule has 172 valence electrons. The molecule has 1 aromatic rings. The Bertz CT molecular complexity index is 654. The van der Waals surface area contributed by atoms with E-state index in [0.717, 1.165) is 17.8 Å². The SMILES string of the molecule is CCCCCCCCC1CCC(C2C=CC(c3ccc(CCCCC)cc3)=CC2)CC1. The molecule has 2 aliphatic rings. The van der Waals surface area contributed by atoms with E-state index >= 15 is 0 Å². The van der Waals surface area contributed by atoms with Gasteiger partial charge in [0, 0.05) is 0 Å². The van der Waals surface area contributed by atoms with E-state index in [1.165, 1.54) is 119 Å². The number of hydrogen-bond acceptors (Lipinski definition) is 0. The molecule has 0 aromatic heterocycles. The predicted octanol–water partition coefficient (Wildman–Crippen LogP) is 9.94. The molecule has 1 atom stereocenters. The van der Waals surface area contributed by atoms with Crippen molar-refractivity contribution in [1.29, 1.82) is 0 Å². The van der Waals surface area contributed by atoms with Crippen molar-refractivity contribution < 1.29 is 0 Å². The van der Waals surface area contributed by atoms with Crippen LogP contribution < -0.4 is 0 Å². The van der Waals surface area contributed by atoms with Crippen LogP contribution in [0, 0.1) is 17.8 Å². The maximum absolute atomic E-state index is 2.54. The number of hydrogen-bond donors (Lipinski definition) is 0. The van der Waals surface area contributed by atoms with Gasteiger partial charge in [0.15, 0.2) is 0 Å². The first kappa shape index (κ1) is 24.3. The molecule has 0 spiro atoms. The minimum Gasteiger partial charge on any atom is -0.0802 e. The Morgan fingerprint density at radius 3 is 2.10 bits per heavy atom. The number of rotatable bonds is 13. The third-order valence-corrected chi connectivity index (χ3v) is 7.95. The van der Waals surface area contributed by atoms with Crippen LogP contribution in [-0.4, -0.2) is 0 Å². The molecule has 0 amide bonds. The van der Waals surface area contributed by atoms with Gasteiger partial charge in [0.2, 0.25) is 0 Å². The van der Waals surface area contributed by atoms with Gasteiger partial charge in [-0.05, 0) is 66.6 Å². The van der Waals surface area contributed by atoms with Gasteiger partial charge in [-0.25, -0.2) is 0 Å². The highest BCUT2D eigenvalue weighted by Gasteiger charge is 2.26. The van der Waals surface area contributed by atoms with Crippen LogP contribution in [0.5, 0.6) is 0 Å². The first-order valence-electron chi connectivity index (χ1n) is 13.8. The highest BCUT2D eigenvalue weighted by molar-refractivity contribution is 5.75. The van der Waals surface area contributed by atoms with Crippen molar-refractivity contribution >= 4 is 5.57 Å². The monoisotopic (exact) mass is 420 g/mol. The van der Waals surface area contributed by atoms with E-state index in [9.17, 15) is 0 Å². The standard InChI is InChI=1S/C31H48/c1-3-5-7-8-9-11-13-27-16-20-29(21-17-27)31-24-22-30(23-25-31)28-18-14-26(15-19-28)12-10-6-4-2/h14-15,18-19,22-24,27,29,31H,3-13,16-17,20-21,25H2,1-2H3. The Labute approximate surface area is 193 Å². The summed E-state index contributed by atoms with van der Waals surface area (Å²) in [6, 6.07) is 9.37. The Balaban J connectivity index is 1.36. The van der Waals surface area contributed by atoms with Crippen molar-refractivity contribution in [2.24, 2.45) is 17.8 Å². The zero-order valence-electron chi connectivity index (χ0n) is 20.6. The fourth-order valence-corrected chi connectivity index (χ4v) is 5.76. The average molecular weight is 421 g/mol. The summed E-state index contributed by atoms with van der Waals surface area (Å²) in [4.78, 5) is 0. The summed E-state index contributed by atoms with van der Waals surface area (Å²) in [5.74, 6) is 2.74. The fraction of sp³-hybridized carbons (Fsp3) is 0.677. The van der Waals surface area contributed by atoms with Crippen molar-refractivity contribution in [1.82, 2.24) is 0 Å². The van der Waals surface area contributed by atoms with Crippen LogP contribution in [-0.2, 0) is 6.42 Å². The summed E-state index contributed by atoms with van der Waals surface area (Å²) in [7, 11) is 0. The average Bonchev–Trinajstić information content (AvgIpc) is 2.82. The summed E-state index contributed by atoms with van der Waals surface area (Å²) in [5, 5.41) is 0. The van der Waals surface area contributed by atoms with E-state index in [1.54, 1.807) is 0 Å². The van der Waals surface area contributed by atoms with Gasteiger partial charge in [-0.3, -0.25) is 0 Å². The van der Waals surface area contributed by atoms with Gasteiger partial charge in [-0.15, -0.1) is 0 Å². The molecule has 0 saturated heterocycles. The molecule has 0 bridgehead atoms. The highest BCUT2D eigenvalue weighted by atomic mass is 14.3. The Morgan fingerprint density at radius 2 is 1.42 bits per heavy atom. The molecule has 31 heavy (non-hydrogen) atoms. The molecular weight excluding hydrogens is 372 g/mol. The van der Waals surface area contributed by atoms with Gasteiger partial charge < -0.3 is 0 Å². The van der Waals surface area contributed by atoms with Crippen LogP contribution in [0.15, 0.2) is 42.5 Å². The molecule has 0 heterocycles. The normalized spacial score (nSPS) is 23.7. The predicted molar refractivity (Wildman–Crippen MR) is 138 cm³/mol. The van der Waals surface area contributed by atoms with Gasteiger partial charge >= 0.3 is 0 Å². The lowest BCUT2D eigenvalue weighted by molar-refractivity contribution is 0.218. The Kier molecular flexibility index (Phi) is 11.0. The topological polar surface area (TPSA) is 0 Å². The van der Waals surface area contributed by atoms with E-state index in [2.05, 4.69) is 56.3 Å². The van der Waals surface area contributed by atoms with Crippen LogP contribution in [0.4, 0.5) is 0 Å². The molecular formula is C31H48. The third-order valence-electron chi connectivity index (χ3n) is 7.95. The van der Waals surface area contributed by atoms with Crippen LogP contribution in [0.1, 0.15) is 121 Å². The second kappa shape index (κ2) is 14.0. The van der Waals surface area contributed by atoms with Crippen LogP contribution in [0.25, 0.3) is 5.57 Å². The zero-order chi connectivity index (χ0) is 21.7. The fourth-order valence-electron chi connectivity index (χ4n) is 5.76. The lowest BCUT2D eigenvalue weighted by Crippen LogP contribution is -2.21. The Morgan fingerprint density at radius 1 is 0.742 bits per heavy atom. The second-order valence-corrected chi connectivity index (χ2v) is 10.4. The number of unbranched alkanes of at least 4 members (excludes halogenated alkanes) is 7. The lowest BCUT2D eigenvalue weighted by Gasteiger charge is -2.33. The number of aryl methyl sites for hydroxylation is 1. The molecule has 1 saturated carbocycles. The van der Waals surface area contributed by atoms with E-state index in [1.807, 2.05) is 0 Å². The largest absolute Gasteiger partial charge is 0.0802 e. The van der Waals surface area contributed by atoms with Gasteiger partial charge in [-0.1, -0.05) is 127 Å². The minimum atomic E-state index is 0.784. The maximum atomic E-state index is 2.54. The lowest BCUT2D eigenvalue weighted by atomic mass is 9.72. The van der Waals surface area contributed by atoms with E-state index in [-0.39, 0.29) is 0 Å². The molecule has 0 heteroatoms. The first-order chi connectivity index (χ1) is 15.3. The molecule has 1 unspecified atom stereocenters. The smallest absolute Gasteiger partial charge is 0.0167 e. The molecule has 0 nitrogen and oxygen atoms in total. The molecule has 0 radical (unpaired) electrons. The van der Waals surface area contributed by atoms with Crippen LogP contribution in [0.3, 0.4) is 0 Å². The van der Waals surface area contributed by atoms with Gasteiger partial charge in [0.05, 0.1) is 0 Å². The summed E-state index contributed by atoms with van der Waals surface area (Å²) >= 11 is 0. The van der Waals surface area contributed by atoms with Crippen LogP contribution >= 0.6 is 0 Å². The highest BCUT2D eigenvalue weighted by Crippen LogP contribution is 2.39. The van der Waals surface area contributed by atoms with E-state index < -0.39 is 0 Å². The molecule has 1 aromatic carbocycles. The minimum absolute atomic E-state index is 0.784. The summed E-state index contributed by atoms with van der Waals surface area (Å²) in [6.45, 7) is 4.59. The second-order valence-electron chi connectivity index (χ2n) is 10.4. The van der Waals surface area contributed by atoms with Gasteiger partial charge in [0.25, 0.3) is 0 Å².